The van der Waals surface area contributed by atoms with E-state index in [1.807, 2.05) is 32.0 Å². The van der Waals surface area contributed by atoms with Gasteiger partial charge in [0, 0.05) is 32.2 Å². The van der Waals surface area contributed by atoms with Crippen LogP contribution in [0.4, 0.5) is 0 Å². The van der Waals surface area contributed by atoms with E-state index in [1.165, 1.54) is 5.56 Å². The summed E-state index contributed by atoms with van der Waals surface area (Å²) in [4.78, 5) is 14.8. The minimum atomic E-state index is -0.451. The number of nitrogens with one attached hydrogen (secondary N) is 2. The maximum Gasteiger partial charge on any atom is 0.240 e. The largest absolute Gasteiger partial charge is 0.352 e. The third-order valence-corrected chi connectivity index (χ3v) is 4.23. The van der Waals surface area contributed by atoms with Gasteiger partial charge >= 0.3 is 0 Å². The molecular formula is C17H27N3O. The van der Waals surface area contributed by atoms with E-state index in [0.717, 1.165) is 32.6 Å². The van der Waals surface area contributed by atoms with Crippen molar-refractivity contribution in [2.75, 3.05) is 26.2 Å². The molecule has 1 saturated heterocycles. The van der Waals surface area contributed by atoms with Crippen LogP contribution in [0.25, 0.3) is 0 Å². The Balaban J connectivity index is 1.90. The van der Waals surface area contributed by atoms with Crippen molar-refractivity contribution in [2.45, 2.75) is 38.8 Å². The Morgan fingerprint density at radius 3 is 2.52 bits per heavy atom. The van der Waals surface area contributed by atoms with Gasteiger partial charge in [0.1, 0.15) is 0 Å². The minimum Gasteiger partial charge on any atom is -0.352 e. The fourth-order valence-corrected chi connectivity index (χ4v) is 2.79. The van der Waals surface area contributed by atoms with Gasteiger partial charge in [0.15, 0.2) is 0 Å². The maximum atomic E-state index is 12.6. The maximum absolute atomic E-state index is 12.6. The van der Waals surface area contributed by atoms with Crippen LogP contribution >= 0.6 is 0 Å². The predicted octanol–water partition coefficient (Wildman–Crippen LogP) is 1.42. The highest BCUT2D eigenvalue weighted by Gasteiger charge is 2.35. The summed E-state index contributed by atoms with van der Waals surface area (Å²) < 4.78 is 0. The van der Waals surface area contributed by atoms with E-state index < -0.39 is 5.54 Å². The van der Waals surface area contributed by atoms with Crippen LogP contribution in [0.15, 0.2) is 30.3 Å². The van der Waals surface area contributed by atoms with Crippen LogP contribution in [-0.4, -0.2) is 48.6 Å². The molecule has 0 aromatic heterocycles. The van der Waals surface area contributed by atoms with Crippen molar-refractivity contribution in [1.82, 2.24) is 15.5 Å². The fourth-order valence-electron chi connectivity index (χ4n) is 2.79. The van der Waals surface area contributed by atoms with Crippen LogP contribution in [0.3, 0.4) is 0 Å². The van der Waals surface area contributed by atoms with E-state index in [1.54, 1.807) is 0 Å². The topological polar surface area (TPSA) is 44.4 Å². The lowest BCUT2D eigenvalue weighted by Crippen LogP contribution is -2.61. The summed E-state index contributed by atoms with van der Waals surface area (Å²) in [6.45, 7) is 9.86. The SMILES string of the molecule is CC(Cc1ccccc1)NC(=O)C(C)(C)N1CCNCC1. The molecule has 1 aliphatic rings. The average molecular weight is 289 g/mol. The van der Waals surface area contributed by atoms with E-state index in [9.17, 15) is 4.79 Å². The summed E-state index contributed by atoms with van der Waals surface area (Å²) in [6, 6.07) is 10.4. The Kier molecular flexibility index (Phi) is 5.37. The second kappa shape index (κ2) is 7.05. The number of piperazine rings is 1. The summed E-state index contributed by atoms with van der Waals surface area (Å²) in [7, 11) is 0. The molecule has 0 aliphatic carbocycles. The van der Waals surface area contributed by atoms with Crippen LogP contribution in [0.2, 0.25) is 0 Å². The molecule has 1 heterocycles. The molecule has 1 aromatic rings. The molecule has 1 fully saturated rings. The van der Waals surface area contributed by atoms with Crippen LogP contribution < -0.4 is 10.6 Å². The van der Waals surface area contributed by atoms with Gasteiger partial charge in [-0.15, -0.1) is 0 Å². The molecule has 4 nitrogen and oxygen atoms in total. The van der Waals surface area contributed by atoms with Gasteiger partial charge in [0.05, 0.1) is 5.54 Å². The second-order valence-electron chi connectivity index (χ2n) is 6.36. The molecule has 0 saturated carbocycles. The molecule has 2 rings (SSSR count). The van der Waals surface area contributed by atoms with Crippen molar-refractivity contribution in [3.05, 3.63) is 35.9 Å². The van der Waals surface area contributed by atoms with Gasteiger partial charge in [-0.1, -0.05) is 30.3 Å². The summed E-state index contributed by atoms with van der Waals surface area (Å²) in [6.07, 6.45) is 0.865. The quantitative estimate of drug-likeness (QED) is 0.861. The standard InChI is InChI=1S/C17H27N3O/c1-14(13-15-7-5-4-6-8-15)19-16(21)17(2,3)20-11-9-18-10-12-20/h4-8,14,18H,9-13H2,1-3H3,(H,19,21). The molecule has 21 heavy (non-hydrogen) atoms. The van der Waals surface area contributed by atoms with Crippen molar-refractivity contribution in [1.29, 1.82) is 0 Å². The number of carbonyl (C=O) groups excluding carboxylic acids is 1. The molecule has 4 heteroatoms. The lowest BCUT2D eigenvalue weighted by Gasteiger charge is -2.40. The first-order chi connectivity index (χ1) is 10.00. The van der Waals surface area contributed by atoms with E-state index in [4.69, 9.17) is 0 Å². The van der Waals surface area contributed by atoms with Crippen molar-refractivity contribution in [3.8, 4) is 0 Å². The zero-order chi connectivity index (χ0) is 15.3. The molecule has 1 atom stereocenters. The molecule has 1 unspecified atom stereocenters. The first-order valence-electron chi connectivity index (χ1n) is 7.81. The summed E-state index contributed by atoms with van der Waals surface area (Å²) in [5.74, 6) is 0.118. The Labute approximate surface area is 127 Å². The Hall–Kier alpha value is -1.39. The van der Waals surface area contributed by atoms with Crippen LogP contribution in [0, 0.1) is 0 Å². The van der Waals surface area contributed by atoms with Gasteiger partial charge in [0.2, 0.25) is 5.91 Å². The number of rotatable bonds is 5. The average Bonchev–Trinajstić information content (AvgIpc) is 2.49. The molecule has 1 aromatic carbocycles. The molecule has 1 amide bonds. The number of hydrogen-bond acceptors (Lipinski definition) is 3. The first kappa shape index (κ1) is 16.0. The highest BCUT2D eigenvalue weighted by molar-refractivity contribution is 5.85. The van der Waals surface area contributed by atoms with Crippen molar-refractivity contribution in [2.24, 2.45) is 0 Å². The number of benzene rings is 1. The smallest absolute Gasteiger partial charge is 0.240 e. The summed E-state index contributed by atoms with van der Waals surface area (Å²) in [5, 5.41) is 6.49. The van der Waals surface area contributed by atoms with Gasteiger partial charge in [-0.3, -0.25) is 9.69 Å². The number of amides is 1. The highest BCUT2D eigenvalue weighted by atomic mass is 16.2. The Morgan fingerprint density at radius 1 is 1.29 bits per heavy atom. The second-order valence-corrected chi connectivity index (χ2v) is 6.36. The molecular weight excluding hydrogens is 262 g/mol. The lowest BCUT2D eigenvalue weighted by molar-refractivity contribution is -0.132. The number of carbonyl (C=O) groups is 1. The van der Waals surface area contributed by atoms with E-state index >= 15 is 0 Å². The highest BCUT2D eigenvalue weighted by Crippen LogP contribution is 2.16. The Morgan fingerprint density at radius 2 is 1.90 bits per heavy atom. The zero-order valence-corrected chi connectivity index (χ0v) is 13.4. The molecule has 1 aliphatic heterocycles. The van der Waals surface area contributed by atoms with Crippen LogP contribution in [0.5, 0.6) is 0 Å². The van der Waals surface area contributed by atoms with Gasteiger partial charge in [-0.25, -0.2) is 0 Å². The molecule has 2 N–H and O–H groups in total. The number of nitrogens with zero attached hydrogens (tertiary/aromatic N) is 1. The summed E-state index contributed by atoms with van der Waals surface area (Å²) >= 11 is 0. The first-order valence-corrected chi connectivity index (χ1v) is 7.81. The van der Waals surface area contributed by atoms with Gasteiger partial charge in [0.25, 0.3) is 0 Å². The van der Waals surface area contributed by atoms with Gasteiger partial charge in [-0.2, -0.15) is 0 Å². The van der Waals surface area contributed by atoms with E-state index in [2.05, 4.69) is 34.6 Å². The van der Waals surface area contributed by atoms with Crippen molar-refractivity contribution < 1.29 is 4.79 Å². The fraction of sp³-hybridized carbons (Fsp3) is 0.588. The number of hydrogen-bond donors (Lipinski definition) is 2. The predicted molar refractivity (Wildman–Crippen MR) is 86.3 cm³/mol. The monoisotopic (exact) mass is 289 g/mol. The zero-order valence-electron chi connectivity index (χ0n) is 13.4. The lowest BCUT2D eigenvalue weighted by atomic mass is 9.99. The molecule has 116 valence electrons. The summed E-state index contributed by atoms with van der Waals surface area (Å²) in [5.41, 5.74) is 0.804. The van der Waals surface area contributed by atoms with Crippen molar-refractivity contribution in [3.63, 3.8) is 0 Å². The van der Waals surface area contributed by atoms with Gasteiger partial charge in [-0.05, 0) is 32.8 Å². The molecule has 0 spiro atoms. The van der Waals surface area contributed by atoms with Crippen LogP contribution in [-0.2, 0) is 11.2 Å². The minimum absolute atomic E-state index is 0.118. The van der Waals surface area contributed by atoms with E-state index in [0.29, 0.717) is 0 Å². The normalized spacial score (nSPS) is 18.2. The van der Waals surface area contributed by atoms with Crippen LogP contribution in [0.1, 0.15) is 26.3 Å². The Bertz CT molecular complexity index is 452. The van der Waals surface area contributed by atoms with E-state index in [-0.39, 0.29) is 11.9 Å². The third kappa shape index (κ3) is 4.29. The molecule has 0 radical (unpaired) electrons. The molecule has 0 bridgehead atoms. The third-order valence-electron chi connectivity index (χ3n) is 4.23. The van der Waals surface area contributed by atoms with Crippen molar-refractivity contribution >= 4 is 5.91 Å². The van der Waals surface area contributed by atoms with Gasteiger partial charge < -0.3 is 10.6 Å².